The zero-order valence-corrected chi connectivity index (χ0v) is 21.9. The van der Waals surface area contributed by atoms with Crippen LogP contribution in [-0.4, -0.2) is 51.4 Å². The summed E-state index contributed by atoms with van der Waals surface area (Å²) in [6, 6.07) is 13.3. The minimum absolute atomic E-state index is 0.150. The standard InChI is InChI=1S/C26H37N3O5S/c1-5-7-18-27-26(31)20(3)29(19-22-8-13-23(34-4)14-9-22)25(30)17-12-21-10-15-24(16-11-21)35(32,33)28-6-2/h8-11,13-16,20,28H,5-7,12,17-19H2,1-4H3,(H,27,31)/t20-/m1/s1. The first kappa shape index (κ1) is 28.3. The molecule has 192 valence electrons. The van der Waals surface area contributed by atoms with Gasteiger partial charge < -0.3 is 15.0 Å². The summed E-state index contributed by atoms with van der Waals surface area (Å²) in [6.07, 6.45) is 2.48. The first-order valence-electron chi connectivity index (χ1n) is 12.0. The Hall–Kier alpha value is -2.91. The van der Waals surface area contributed by atoms with Crippen LogP contribution in [-0.2, 0) is 32.6 Å². The summed E-state index contributed by atoms with van der Waals surface area (Å²) in [5.74, 6) is 0.387. The van der Waals surface area contributed by atoms with Crippen LogP contribution in [0.5, 0.6) is 5.75 Å². The lowest BCUT2D eigenvalue weighted by Gasteiger charge is -2.29. The van der Waals surface area contributed by atoms with Crippen LogP contribution in [0.4, 0.5) is 0 Å². The fraction of sp³-hybridized carbons (Fsp3) is 0.462. The SMILES string of the molecule is CCCCNC(=O)[C@@H](C)N(Cc1ccc(OC)cc1)C(=O)CCc1ccc(S(=O)(=O)NCC)cc1. The second kappa shape index (κ2) is 13.8. The number of rotatable bonds is 14. The van der Waals surface area contributed by atoms with Gasteiger partial charge in [-0.2, -0.15) is 0 Å². The van der Waals surface area contributed by atoms with Gasteiger partial charge in [-0.15, -0.1) is 0 Å². The van der Waals surface area contributed by atoms with Gasteiger partial charge in [0, 0.05) is 26.1 Å². The third kappa shape index (κ3) is 8.67. The number of ether oxygens (including phenoxy) is 1. The molecule has 0 saturated carbocycles. The van der Waals surface area contributed by atoms with Crippen LogP contribution in [0.2, 0.25) is 0 Å². The van der Waals surface area contributed by atoms with Crippen molar-refractivity contribution in [3.05, 3.63) is 59.7 Å². The van der Waals surface area contributed by atoms with Crippen molar-refractivity contribution >= 4 is 21.8 Å². The third-order valence-electron chi connectivity index (χ3n) is 5.70. The maximum Gasteiger partial charge on any atom is 0.242 e. The van der Waals surface area contributed by atoms with Gasteiger partial charge in [0.15, 0.2) is 0 Å². The number of carbonyl (C=O) groups is 2. The molecule has 2 aromatic carbocycles. The van der Waals surface area contributed by atoms with Gasteiger partial charge in [-0.3, -0.25) is 9.59 Å². The largest absolute Gasteiger partial charge is 0.497 e. The molecule has 0 aliphatic heterocycles. The van der Waals surface area contributed by atoms with Gasteiger partial charge in [-0.1, -0.05) is 44.5 Å². The highest BCUT2D eigenvalue weighted by Gasteiger charge is 2.26. The second-order valence-corrected chi connectivity index (χ2v) is 10.1. The Bertz CT molecular complexity index is 1050. The summed E-state index contributed by atoms with van der Waals surface area (Å²) in [4.78, 5) is 27.8. The number of benzene rings is 2. The van der Waals surface area contributed by atoms with E-state index in [2.05, 4.69) is 17.0 Å². The molecule has 8 nitrogen and oxygen atoms in total. The molecular formula is C26H37N3O5S. The van der Waals surface area contributed by atoms with E-state index in [-0.39, 0.29) is 23.1 Å². The van der Waals surface area contributed by atoms with E-state index in [0.29, 0.717) is 26.1 Å². The van der Waals surface area contributed by atoms with Crippen molar-refractivity contribution in [2.45, 2.75) is 63.9 Å². The normalized spacial score (nSPS) is 12.1. The van der Waals surface area contributed by atoms with Gasteiger partial charge >= 0.3 is 0 Å². The van der Waals surface area contributed by atoms with Crippen molar-refractivity contribution in [3.8, 4) is 5.75 Å². The van der Waals surface area contributed by atoms with Crippen molar-refractivity contribution < 1.29 is 22.7 Å². The molecule has 0 saturated heterocycles. The van der Waals surface area contributed by atoms with Gasteiger partial charge in [-0.25, -0.2) is 13.1 Å². The molecule has 2 aromatic rings. The van der Waals surface area contributed by atoms with Crippen molar-refractivity contribution in [2.75, 3.05) is 20.2 Å². The van der Waals surface area contributed by atoms with E-state index in [0.717, 1.165) is 29.7 Å². The van der Waals surface area contributed by atoms with E-state index in [9.17, 15) is 18.0 Å². The topological polar surface area (TPSA) is 105 Å². The minimum Gasteiger partial charge on any atom is -0.497 e. The average molecular weight is 504 g/mol. The Morgan fingerprint density at radius 1 is 1.00 bits per heavy atom. The summed E-state index contributed by atoms with van der Waals surface area (Å²) >= 11 is 0. The lowest BCUT2D eigenvalue weighted by atomic mass is 10.1. The van der Waals surface area contributed by atoms with Gasteiger partial charge in [0.25, 0.3) is 0 Å². The highest BCUT2D eigenvalue weighted by atomic mass is 32.2. The first-order chi connectivity index (χ1) is 16.7. The smallest absolute Gasteiger partial charge is 0.242 e. The molecule has 0 radical (unpaired) electrons. The number of amides is 2. The first-order valence-corrected chi connectivity index (χ1v) is 13.5. The van der Waals surface area contributed by atoms with E-state index < -0.39 is 16.1 Å². The van der Waals surface area contributed by atoms with Crippen LogP contribution >= 0.6 is 0 Å². The van der Waals surface area contributed by atoms with Crippen molar-refractivity contribution in [2.24, 2.45) is 0 Å². The molecule has 1 atom stereocenters. The van der Waals surface area contributed by atoms with Gasteiger partial charge in [0.2, 0.25) is 21.8 Å². The Balaban J connectivity index is 2.12. The number of nitrogens with one attached hydrogen (secondary N) is 2. The van der Waals surface area contributed by atoms with Crippen LogP contribution in [0, 0.1) is 0 Å². The Morgan fingerprint density at radius 2 is 1.63 bits per heavy atom. The molecule has 0 aromatic heterocycles. The van der Waals surface area contributed by atoms with E-state index >= 15 is 0 Å². The predicted octanol–water partition coefficient (Wildman–Crippen LogP) is 3.26. The van der Waals surface area contributed by atoms with Crippen LogP contribution < -0.4 is 14.8 Å². The monoisotopic (exact) mass is 503 g/mol. The molecule has 35 heavy (non-hydrogen) atoms. The second-order valence-electron chi connectivity index (χ2n) is 8.34. The number of sulfonamides is 1. The summed E-state index contributed by atoms with van der Waals surface area (Å²) in [6.45, 7) is 6.70. The molecule has 0 aliphatic carbocycles. The lowest BCUT2D eigenvalue weighted by molar-refractivity contribution is -0.140. The van der Waals surface area contributed by atoms with Crippen molar-refractivity contribution in [1.82, 2.24) is 14.9 Å². The summed E-state index contributed by atoms with van der Waals surface area (Å²) in [5.41, 5.74) is 1.74. The van der Waals surface area contributed by atoms with Gasteiger partial charge in [0.05, 0.1) is 12.0 Å². The Morgan fingerprint density at radius 3 is 2.20 bits per heavy atom. The quantitative estimate of drug-likeness (QED) is 0.385. The number of aryl methyl sites for hydroxylation is 1. The summed E-state index contributed by atoms with van der Waals surface area (Å²) < 4.78 is 31.9. The third-order valence-corrected chi connectivity index (χ3v) is 7.27. The molecular weight excluding hydrogens is 466 g/mol. The lowest BCUT2D eigenvalue weighted by Crippen LogP contribution is -2.47. The summed E-state index contributed by atoms with van der Waals surface area (Å²) in [5, 5.41) is 2.91. The fourth-order valence-electron chi connectivity index (χ4n) is 3.55. The van der Waals surface area contributed by atoms with Crippen LogP contribution in [0.15, 0.2) is 53.4 Å². The van der Waals surface area contributed by atoms with Crippen molar-refractivity contribution in [3.63, 3.8) is 0 Å². The zero-order valence-electron chi connectivity index (χ0n) is 21.0. The molecule has 2 rings (SSSR count). The van der Waals surface area contributed by atoms with E-state index in [1.807, 2.05) is 24.3 Å². The molecule has 0 unspecified atom stereocenters. The number of methoxy groups -OCH3 is 1. The maximum absolute atomic E-state index is 13.2. The number of nitrogens with zero attached hydrogens (tertiary/aromatic N) is 1. The van der Waals surface area contributed by atoms with Gasteiger partial charge in [0.1, 0.15) is 11.8 Å². The highest BCUT2D eigenvalue weighted by Crippen LogP contribution is 2.17. The molecule has 0 aliphatic rings. The predicted molar refractivity (Wildman–Crippen MR) is 137 cm³/mol. The highest BCUT2D eigenvalue weighted by molar-refractivity contribution is 7.89. The van der Waals surface area contributed by atoms with E-state index in [4.69, 9.17) is 4.74 Å². The Labute approximate surface area is 209 Å². The number of hydrogen-bond donors (Lipinski definition) is 2. The average Bonchev–Trinajstić information content (AvgIpc) is 2.86. The molecule has 0 bridgehead atoms. The number of hydrogen-bond acceptors (Lipinski definition) is 5. The van der Waals surface area contributed by atoms with Crippen LogP contribution in [0.25, 0.3) is 0 Å². The molecule has 2 N–H and O–H groups in total. The molecule has 9 heteroatoms. The molecule has 0 fully saturated rings. The van der Waals surface area contributed by atoms with Gasteiger partial charge in [-0.05, 0) is 55.2 Å². The van der Waals surface area contributed by atoms with Crippen LogP contribution in [0.3, 0.4) is 0 Å². The number of unbranched alkanes of at least 4 members (excludes halogenated alkanes) is 1. The molecule has 0 heterocycles. The van der Waals surface area contributed by atoms with E-state index in [1.165, 1.54) is 12.1 Å². The molecule has 2 amide bonds. The maximum atomic E-state index is 13.2. The summed E-state index contributed by atoms with van der Waals surface area (Å²) in [7, 11) is -1.93. The van der Waals surface area contributed by atoms with E-state index in [1.54, 1.807) is 38.0 Å². The molecule has 0 spiro atoms. The van der Waals surface area contributed by atoms with Crippen molar-refractivity contribution in [1.29, 1.82) is 0 Å². The fourth-order valence-corrected chi connectivity index (χ4v) is 4.59. The van der Waals surface area contributed by atoms with Crippen LogP contribution in [0.1, 0.15) is 51.2 Å². The Kier molecular flexibility index (Phi) is 11.2. The minimum atomic E-state index is -3.52. The number of carbonyl (C=O) groups excluding carboxylic acids is 2. The zero-order chi connectivity index (χ0) is 25.8.